The normalized spacial score (nSPS) is 16.0. The summed E-state index contributed by atoms with van der Waals surface area (Å²) in [6, 6.07) is 9.50. The monoisotopic (exact) mass is 270 g/mol. The molecule has 0 radical (unpaired) electrons. The van der Waals surface area contributed by atoms with Crippen molar-refractivity contribution in [3.05, 3.63) is 46.8 Å². The summed E-state index contributed by atoms with van der Waals surface area (Å²) in [4.78, 5) is 11.8. The molecule has 0 unspecified atom stereocenters. The number of fused-ring (bicyclic) bond motifs is 1. The Balaban J connectivity index is 1.62. The van der Waals surface area contributed by atoms with Gasteiger partial charge in [0.15, 0.2) is 5.43 Å². The molecule has 3 rings (SSSR count). The number of nitrogens with zero attached hydrogens (tertiary/aromatic N) is 1. The molecule has 1 aliphatic rings. The van der Waals surface area contributed by atoms with E-state index < -0.39 is 0 Å². The zero-order valence-corrected chi connectivity index (χ0v) is 11.8. The molecular formula is C17H22N2O. The second kappa shape index (κ2) is 6.23. The molecule has 0 amide bonds. The smallest absolute Gasteiger partial charge is 0.189 e. The highest BCUT2D eigenvalue weighted by Gasteiger charge is 2.13. The first kappa shape index (κ1) is 13.4. The third-order valence-electron chi connectivity index (χ3n) is 4.32. The predicted molar refractivity (Wildman–Crippen MR) is 83.0 cm³/mol. The molecule has 1 saturated carbocycles. The van der Waals surface area contributed by atoms with Crippen LogP contribution in [0, 0.1) is 5.92 Å². The van der Waals surface area contributed by atoms with E-state index in [9.17, 15) is 4.79 Å². The van der Waals surface area contributed by atoms with Gasteiger partial charge in [0.1, 0.15) is 0 Å². The first-order chi connectivity index (χ1) is 9.84. The summed E-state index contributed by atoms with van der Waals surface area (Å²) in [7, 11) is 0. The third kappa shape index (κ3) is 2.93. The van der Waals surface area contributed by atoms with E-state index in [1.807, 2.05) is 30.5 Å². The summed E-state index contributed by atoms with van der Waals surface area (Å²) in [6.07, 6.45) is 7.47. The van der Waals surface area contributed by atoms with Crippen LogP contribution in [0.4, 0.5) is 0 Å². The zero-order valence-electron chi connectivity index (χ0n) is 11.8. The number of benzene rings is 1. The number of para-hydroxylation sites is 1. The molecule has 106 valence electrons. The van der Waals surface area contributed by atoms with Gasteiger partial charge in [0.25, 0.3) is 0 Å². The Morgan fingerprint density at radius 2 is 1.95 bits per heavy atom. The van der Waals surface area contributed by atoms with Crippen LogP contribution in [-0.2, 0) is 6.54 Å². The Morgan fingerprint density at radius 1 is 1.15 bits per heavy atom. The molecular weight excluding hydrogens is 248 g/mol. The van der Waals surface area contributed by atoms with Crippen molar-refractivity contribution in [3.8, 4) is 0 Å². The molecule has 1 heterocycles. The summed E-state index contributed by atoms with van der Waals surface area (Å²) in [5.41, 5.74) is 1.14. The van der Waals surface area contributed by atoms with Gasteiger partial charge in [-0.15, -0.1) is 0 Å². The first-order valence-corrected chi connectivity index (χ1v) is 7.63. The highest BCUT2D eigenvalue weighted by Crippen LogP contribution is 2.23. The lowest BCUT2D eigenvalue weighted by Crippen LogP contribution is -2.25. The molecule has 0 spiro atoms. The van der Waals surface area contributed by atoms with Crippen LogP contribution in [0.25, 0.3) is 10.9 Å². The molecule has 3 nitrogen and oxygen atoms in total. The Bertz CT molecular complexity index is 626. The van der Waals surface area contributed by atoms with Crippen molar-refractivity contribution in [3.63, 3.8) is 0 Å². The van der Waals surface area contributed by atoms with E-state index in [1.165, 1.54) is 25.7 Å². The molecule has 0 saturated heterocycles. The second-order valence-corrected chi connectivity index (χ2v) is 5.75. The van der Waals surface area contributed by atoms with Gasteiger partial charge in [-0.1, -0.05) is 25.0 Å². The molecule has 2 aromatic rings. The number of nitrogens with one attached hydrogen (secondary N) is 1. The molecule has 0 bridgehead atoms. The Hall–Kier alpha value is -1.61. The van der Waals surface area contributed by atoms with Crippen molar-refractivity contribution in [1.82, 2.24) is 9.88 Å². The lowest BCUT2D eigenvalue weighted by atomic mass is 10.1. The Labute approximate surface area is 119 Å². The van der Waals surface area contributed by atoms with Crippen molar-refractivity contribution in [2.45, 2.75) is 32.2 Å². The molecule has 1 N–H and O–H groups in total. The van der Waals surface area contributed by atoms with Gasteiger partial charge in [-0.2, -0.15) is 0 Å². The van der Waals surface area contributed by atoms with E-state index in [0.717, 1.165) is 36.5 Å². The van der Waals surface area contributed by atoms with Gasteiger partial charge in [-0.05, 0) is 37.4 Å². The van der Waals surface area contributed by atoms with E-state index in [1.54, 1.807) is 6.07 Å². The molecule has 1 fully saturated rings. The zero-order chi connectivity index (χ0) is 13.8. The standard InChI is InChI=1S/C17H22N2O/c20-17-9-11-19(16-8-4-3-7-15(16)17)12-10-18-13-14-5-1-2-6-14/h3-4,7-9,11,14,18H,1-2,5-6,10,12-13H2. The Morgan fingerprint density at radius 3 is 2.80 bits per heavy atom. The largest absolute Gasteiger partial charge is 0.346 e. The van der Waals surface area contributed by atoms with Crippen LogP contribution in [0.15, 0.2) is 41.3 Å². The highest BCUT2D eigenvalue weighted by atomic mass is 16.1. The first-order valence-electron chi connectivity index (χ1n) is 7.63. The van der Waals surface area contributed by atoms with Gasteiger partial charge < -0.3 is 9.88 Å². The minimum atomic E-state index is 0.107. The van der Waals surface area contributed by atoms with Gasteiger partial charge in [0.2, 0.25) is 0 Å². The molecule has 1 aromatic heterocycles. The average molecular weight is 270 g/mol. The third-order valence-corrected chi connectivity index (χ3v) is 4.32. The Kier molecular flexibility index (Phi) is 4.16. The van der Waals surface area contributed by atoms with Crippen LogP contribution in [0.5, 0.6) is 0 Å². The van der Waals surface area contributed by atoms with Crippen molar-refractivity contribution in [2.75, 3.05) is 13.1 Å². The lowest BCUT2D eigenvalue weighted by molar-refractivity contribution is 0.478. The fourth-order valence-corrected chi connectivity index (χ4v) is 3.18. The van der Waals surface area contributed by atoms with Crippen molar-refractivity contribution in [1.29, 1.82) is 0 Å². The van der Waals surface area contributed by atoms with Crippen LogP contribution < -0.4 is 10.7 Å². The van der Waals surface area contributed by atoms with Crippen LogP contribution in [-0.4, -0.2) is 17.7 Å². The summed E-state index contributed by atoms with van der Waals surface area (Å²) in [5, 5.41) is 4.37. The van der Waals surface area contributed by atoms with E-state index >= 15 is 0 Å². The minimum absolute atomic E-state index is 0.107. The van der Waals surface area contributed by atoms with Crippen LogP contribution in [0.3, 0.4) is 0 Å². The van der Waals surface area contributed by atoms with Crippen molar-refractivity contribution < 1.29 is 0 Å². The van der Waals surface area contributed by atoms with Crippen molar-refractivity contribution >= 4 is 10.9 Å². The summed E-state index contributed by atoms with van der Waals surface area (Å²) in [5.74, 6) is 0.876. The summed E-state index contributed by atoms with van der Waals surface area (Å²) < 4.78 is 2.17. The highest BCUT2D eigenvalue weighted by molar-refractivity contribution is 5.78. The van der Waals surface area contributed by atoms with E-state index in [2.05, 4.69) is 9.88 Å². The van der Waals surface area contributed by atoms with Crippen LogP contribution in [0.1, 0.15) is 25.7 Å². The van der Waals surface area contributed by atoms with Gasteiger partial charge in [-0.25, -0.2) is 0 Å². The summed E-state index contributed by atoms with van der Waals surface area (Å²) in [6.45, 7) is 3.01. The van der Waals surface area contributed by atoms with Gasteiger partial charge in [0.05, 0.1) is 5.52 Å². The van der Waals surface area contributed by atoms with Gasteiger partial charge in [0, 0.05) is 30.7 Å². The number of hydrogen-bond donors (Lipinski definition) is 1. The topological polar surface area (TPSA) is 34.0 Å². The van der Waals surface area contributed by atoms with Gasteiger partial charge in [-0.3, -0.25) is 4.79 Å². The lowest BCUT2D eigenvalue weighted by Gasteiger charge is -2.13. The van der Waals surface area contributed by atoms with E-state index in [4.69, 9.17) is 0 Å². The quantitative estimate of drug-likeness (QED) is 0.848. The minimum Gasteiger partial charge on any atom is -0.346 e. The molecule has 1 aliphatic carbocycles. The molecule has 0 atom stereocenters. The SMILES string of the molecule is O=c1ccn(CCNCC2CCCC2)c2ccccc12. The number of rotatable bonds is 5. The van der Waals surface area contributed by atoms with Crippen LogP contribution >= 0.6 is 0 Å². The predicted octanol–water partition coefficient (Wildman–Crippen LogP) is 2.78. The number of pyridine rings is 1. The summed E-state index contributed by atoms with van der Waals surface area (Å²) >= 11 is 0. The maximum absolute atomic E-state index is 11.8. The second-order valence-electron chi connectivity index (χ2n) is 5.75. The molecule has 20 heavy (non-hydrogen) atoms. The average Bonchev–Trinajstić information content (AvgIpc) is 2.99. The maximum Gasteiger partial charge on any atom is 0.189 e. The molecule has 3 heteroatoms. The van der Waals surface area contributed by atoms with E-state index in [-0.39, 0.29) is 5.43 Å². The van der Waals surface area contributed by atoms with Crippen molar-refractivity contribution in [2.24, 2.45) is 5.92 Å². The van der Waals surface area contributed by atoms with E-state index in [0.29, 0.717) is 0 Å². The number of aromatic nitrogens is 1. The molecule has 1 aromatic carbocycles. The van der Waals surface area contributed by atoms with Crippen LogP contribution in [0.2, 0.25) is 0 Å². The maximum atomic E-state index is 11.8. The fourth-order valence-electron chi connectivity index (χ4n) is 3.18. The molecule has 0 aliphatic heterocycles. The van der Waals surface area contributed by atoms with Gasteiger partial charge >= 0.3 is 0 Å². The fraction of sp³-hybridized carbons (Fsp3) is 0.471. The number of hydrogen-bond acceptors (Lipinski definition) is 2.